The van der Waals surface area contributed by atoms with Crippen LogP contribution in [0.5, 0.6) is 0 Å². The Morgan fingerprint density at radius 3 is 2.89 bits per heavy atom. The van der Waals surface area contributed by atoms with Gasteiger partial charge in [-0.1, -0.05) is 11.8 Å². The maximum absolute atomic E-state index is 4.42. The molecule has 0 amide bonds. The van der Waals surface area contributed by atoms with E-state index in [4.69, 9.17) is 0 Å². The van der Waals surface area contributed by atoms with Crippen LogP contribution in [0.3, 0.4) is 0 Å². The summed E-state index contributed by atoms with van der Waals surface area (Å²) in [6.45, 7) is 2.01. The lowest BCUT2D eigenvalue weighted by Gasteiger charge is -2.01. The zero-order chi connectivity index (χ0) is 13.1. The molecule has 0 saturated heterocycles. The maximum Gasteiger partial charge on any atom is 0.160 e. The molecule has 0 aliphatic heterocycles. The molecule has 96 valence electrons. The summed E-state index contributed by atoms with van der Waals surface area (Å²) >= 11 is 3.31. The highest BCUT2D eigenvalue weighted by Crippen LogP contribution is 2.21. The van der Waals surface area contributed by atoms with Crippen molar-refractivity contribution < 1.29 is 0 Å². The first-order valence-corrected chi connectivity index (χ1v) is 7.53. The minimum Gasteiger partial charge on any atom is -0.289 e. The van der Waals surface area contributed by atoms with Crippen molar-refractivity contribution in [2.45, 2.75) is 17.7 Å². The van der Waals surface area contributed by atoms with Crippen LogP contribution in [0.15, 0.2) is 41.3 Å². The van der Waals surface area contributed by atoms with Gasteiger partial charge in [0.15, 0.2) is 5.82 Å². The van der Waals surface area contributed by atoms with Gasteiger partial charge in [0.1, 0.15) is 11.4 Å². The summed E-state index contributed by atoms with van der Waals surface area (Å²) in [7, 11) is 0. The number of aryl methyl sites for hydroxylation is 1. The summed E-state index contributed by atoms with van der Waals surface area (Å²) in [5, 5.41) is 12.4. The zero-order valence-corrected chi connectivity index (χ0v) is 11.9. The normalized spacial score (nSPS) is 10.8. The summed E-state index contributed by atoms with van der Waals surface area (Å²) in [4.78, 5) is 8.40. The van der Waals surface area contributed by atoms with E-state index in [2.05, 4.69) is 25.5 Å². The van der Waals surface area contributed by atoms with Gasteiger partial charge in [-0.05, 0) is 19.1 Å². The quantitative estimate of drug-likeness (QED) is 0.691. The molecule has 0 bridgehead atoms. The predicted octanol–water partition coefficient (Wildman–Crippen LogP) is 2.72. The van der Waals surface area contributed by atoms with Gasteiger partial charge in [0.05, 0.1) is 10.7 Å². The number of thioether (sulfide) groups is 1. The van der Waals surface area contributed by atoms with Crippen LogP contribution in [-0.4, -0.2) is 24.7 Å². The van der Waals surface area contributed by atoms with Crippen LogP contribution < -0.4 is 0 Å². The number of aromatic nitrogens is 5. The molecule has 0 fully saturated rings. The molecular weight excluding hydrogens is 278 g/mol. The third kappa shape index (κ3) is 2.99. The molecular formula is C12H11N5S2. The molecule has 0 aromatic carbocycles. The minimum absolute atomic E-state index is 0.770. The molecule has 3 heterocycles. The Balaban J connectivity index is 1.66. The molecule has 0 spiro atoms. The number of thiazole rings is 1. The monoisotopic (exact) mass is 289 g/mol. The van der Waals surface area contributed by atoms with E-state index in [1.54, 1.807) is 35.6 Å². The van der Waals surface area contributed by atoms with E-state index in [-0.39, 0.29) is 0 Å². The Morgan fingerprint density at radius 1 is 1.32 bits per heavy atom. The standard InChI is InChI=1S/C12H11N5S2/c1-9-14-10(6-18-9)7-19-12-3-2-11(15-16-12)17-5-4-13-8-17/h2-6,8H,7H2,1H3. The van der Waals surface area contributed by atoms with E-state index in [1.165, 1.54) is 0 Å². The van der Waals surface area contributed by atoms with Crippen molar-refractivity contribution in [3.05, 3.63) is 46.9 Å². The molecule has 19 heavy (non-hydrogen) atoms. The molecule has 0 N–H and O–H groups in total. The van der Waals surface area contributed by atoms with Gasteiger partial charge < -0.3 is 0 Å². The largest absolute Gasteiger partial charge is 0.289 e. The van der Waals surface area contributed by atoms with Crippen molar-refractivity contribution in [2.75, 3.05) is 0 Å². The zero-order valence-electron chi connectivity index (χ0n) is 10.2. The van der Waals surface area contributed by atoms with Gasteiger partial charge in [0.2, 0.25) is 0 Å². The van der Waals surface area contributed by atoms with E-state index in [1.807, 2.05) is 29.8 Å². The first-order chi connectivity index (χ1) is 9.31. The third-order valence-electron chi connectivity index (χ3n) is 2.43. The summed E-state index contributed by atoms with van der Waals surface area (Å²) in [5.41, 5.74) is 1.09. The van der Waals surface area contributed by atoms with Crippen molar-refractivity contribution in [1.82, 2.24) is 24.7 Å². The lowest BCUT2D eigenvalue weighted by molar-refractivity contribution is 0.860. The van der Waals surface area contributed by atoms with Gasteiger partial charge in [-0.25, -0.2) is 9.97 Å². The number of nitrogens with zero attached hydrogens (tertiary/aromatic N) is 5. The molecule has 0 unspecified atom stereocenters. The molecule has 0 aliphatic carbocycles. The van der Waals surface area contributed by atoms with E-state index in [9.17, 15) is 0 Å². The van der Waals surface area contributed by atoms with Gasteiger partial charge in [-0.3, -0.25) is 4.57 Å². The molecule has 3 aromatic heterocycles. The van der Waals surface area contributed by atoms with Crippen LogP contribution in [0.4, 0.5) is 0 Å². The Hall–Kier alpha value is -1.73. The van der Waals surface area contributed by atoms with Crippen LogP contribution in [0.25, 0.3) is 5.82 Å². The number of hydrogen-bond acceptors (Lipinski definition) is 6. The molecule has 0 aliphatic rings. The first kappa shape index (κ1) is 12.3. The van der Waals surface area contributed by atoms with E-state index in [0.29, 0.717) is 0 Å². The fraction of sp³-hybridized carbons (Fsp3) is 0.167. The average molecular weight is 289 g/mol. The molecule has 0 saturated carbocycles. The van der Waals surface area contributed by atoms with E-state index in [0.717, 1.165) is 27.3 Å². The lowest BCUT2D eigenvalue weighted by atomic mass is 10.5. The second-order valence-electron chi connectivity index (χ2n) is 3.85. The number of imidazole rings is 1. The Labute approximate surface area is 118 Å². The molecule has 0 atom stereocenters. The Kier molecular flexibility index (Phi) is 3.56. The van der Waals surface area contributed by atoms with Gasteiger partial charge in [-0.15, -0.1) is 21.5 Å². The van der Waals surface area contributed by atoms with Gasteiger partial charge in [0, 0.05) is 23.5 Å². The summed E-state index contributed by atoms with van der Waals surface area (Å²) in [6, 6.07) is 3.90. The number of rotatable bonds is 4. The van der Waals surface area contributed by atoms with Crippen LogP contribution in [0.2, 0.25) is 0 Å². The smallest absolute Gasteiger partial charge is 0.160 e. The Bertz CT molecular complexity index is 645. The summed E-state index contributed by atoms with van der Waals surface area (Å²) in [6.07, 6.45) is 5.26. The lowest BCUT2D eigenvalue weighted by Crippen LogP contribution is -1.96. The van der Waals surface area contributed by atoms with E-state index < -0.39 is 0 Å². The average Bonchev–Trinajstić information content (AvgIpc) is 3.08. The van der Waals surface area contributed by atoms with Gasteiger partial charge >= 0.3 is 0 Å². The van der Waals surface area contributed by atoms with Gasteiger partial charge in [-0.2, -0.15) is 0 Å². The summed E-state index contributed by atoms with van der Waals surface area (Å²) < 4.78 is 1.82. The molecule has 7 heteroatoms. The predicted molar refractivity (Wildman–Crippen MR) is 75.6 cm³/mol. The first-order valence-electron chi connectivity index (χ1n) is 5.67. The molecule has 0 radical (unpaired) electrons. The fourth-order valence-corrected chi connectivity index (χ4v) is 2.97. The highest BCUT2D eigenvalue weighted by molar-refractivity contribution is 7.98. The third-order valence-corrected chi connectivity index (χ3v) is 4.21. The second kappa shape index (κ2) is 5.50. The maximum atomic E-state index is 4.42. The topological polar surface area (TPSA) is 56.5 Å². The summed E-state index contributed by atoms with van der Waals surface area (Å²) in [5.74, 6) is 1.59. The highest BCUT2D eigenvalue weighted by Gasteiger charge is 2.03. The minimum atomic E-state index is 0.770. The second-order valence-corrected chi connectivity index (χ2v) is 5.90. The highest BCUT2D eigenvalue weighted by atomic mass is 32.2. The van der Waals surface area contributed by atoms with Crippen LogP contribution in [0, 0.1) is 6.92 Å². The van der Waals surface area contributed by atoms with Crippen molar-refractivity contribution >= 4 is 23.1 Å². The molecule has 5 nitrogen and oxygen atoms in total. The van der Waals surface area contributed by atoms with Crippen molar-refractivity contribution in [2.24, 2.45) is 0 Å². The van der Waals surface area contributed by atoms with Crippen molar-refractivity contribution in [1.29, 1.82) is 0 Å². The van der Waals surface area contributed by atoms with Gasteiger partial charge in [0.25, 0.3) is 0 Å². The Morgan fingerprint density at radius 2 is 2.26 bits per heavy atom. The van der Waals surface area contributed by atoms with E-state index >= 15 is 0 Å². The molecule has 3 rings (SSSR count). The van der Waals surface area contributed by atoms with Crippen molar-refractivity contribution in [3.63, 3.8) is 0 Å². The fourth-order valence-electron chi connectivity index (χ4n) is 1.54. The van der Waals surface area contributed by atoms with Crippen LogP contribution >= 0.6 is 23.1 Å². The van der Waals surface area contributed by atoms with Crippen LogP contribution in [-0.2, 0) is 5.75 Å². The molecule has 3 aromatic rings. The van der Waals surface area contributed by atoms with Crippen LogP contribution in [0.1, 0.15) is 10.7 Å². The number of hydrogen-bond donors (Lipinski definition) is 0. The van der Waals surface area contributed by atoms with Crippen molar-refractivity contribution in [3.8, 4) is 5.82 Å². The SMILES string of the molecule is Cc1nc(CSc2ccc(-n3ccnc3)nn2)cs1.